The van der Waals surface area contributed by atoms with Crippen molar-refractivity contribution in [2.45, 2.75) is 12.8 Å². The lowest BCUT2D eigenvalue weighted by atomic mass is 9.90. The van der Waals surface area contributed by atoms with Crippen LogP contribution in [0.15, 0.2) is 0 Å². The van der Waals surface area contributed by atoms with Crippen LogP contribution in [0.5, 0.6) is 0 Å². The van der Waals surface area contributed by atoms with Gasteiger partial charge in [-0.3, -0.25) is 0 Å². The van der Waals surface area contributed by atoms with Crippen LogP contribution in [0.4, 0.5) is 0 Å². The van der Waals surface area contributed by atoms with Gasteiger partial charge in [-0.15, -0.1) is 0 Å². The van der Waals surface area contributed by atoms with E-state index in [0.717, 1.165) is 0 Å². The summed E-state index contributed by atoms with van der Waals surface area (Å²) in [6, 6.07) is 7.30. The molecule has 12 heavy (non-hydrogen) atoms. The van der Waals surface area contributed by atoms with E-state index in [0.29, 0.717) is 0 Å². The van der Waals surface area contributed by atoms with E-state index in [4.69, 9.17) is 21.0 Å². The molecule has 2 atom stereocenters. The normalized spacial score (nSPS) is 12.7. The van der Waals surface area contributed by atoms with Gasteiger partial charge < -0.3 is 0 Å². The van der Waals surface area contributed by atoms with Crippen molar-refractivity contribution >= 4 is 0 Å². The van der Waals surface area contributed by atoms with Crippen molar-refractivity contribution in [3.05, 3.63) is 0 Å². The average molecular weight is 158 g/mol. The summed E-state index contributed by atoms with van der Waals surface area (Å²) in [5.74, 6) is -1.28. The zero-order valence-electron chi connectivity index (χ0n) is 6.36. The Morgan fingerprint density at radius 1 is 0.750 bits per heavy atom. The van der Waals surface area contributed by atoms with Gasteiger partial charge in [-0.2, -0.15) is 21.0 Å². The SMILES string of the molecule is N#CCC(C#N)C(C#N)CC#N. The van der Waals surface area contributed by atoms with Crippen LogP contribution in [0.25, 0.3) is 0 Å². The van der Waals surface area contributed by atoms with Gasteiger partial charge in [0.15, 0.2) is 0 Å². The molecule has 0 amide bonds. The third-order valence-corrected chi connectivity index (χ3v) is 1.44. The van der Waals surface area contributed by atoms with E-state index in [-0.39, 0.29) is 12.8 Å². The molecule has 0 aromatic carbocycles. The van der Waals surface area contributed by atoms with Crippen LogP contribution in [0.1, 0.15) is 12.8 Å². The lowest BCUT2D eigenvalue weighted by Gasteiger charge is -2.06. The van der Waals surface area contributed by atoms with Crippen molar-refractivity contribution in [3.8, 4) is 24.3 Å². The van der Waals surface area contributed by atoms with Gasteiger partial charge in [0.2, 0.25) is 0 Å². The molecule has 0 bridgehead atoms. The van der Waals surface area contributed by atoms with Gasteiger partial charge in [-0.25, -0.2) is 0 Å². The highest BCUT2D eigenvalue weighted by molar-refractivity contribution is 5.04. The largest absolute Gasteiger partial charge is 0.198 e. The fourth-order valence-corrected chi connectivity index (χ4v) is 0.752. The predicted octanol–water partition coefficient (Wildman–Crippen LogP) is 1.09. The van der Waals surface area contributed by atoms with Crippen molar-refractivity contribution in [3.63, 3.8) is 0 Å². The molecule has 0 heterocycles. The van der Waals surface area contributed by atoms with Crippen LogP contribution in [0, 0.1) is 57.2 Å². The number of nitriles is 4. The third-order valence-electron chi connectivity index (χ3n) is 1.44. The second-order valence-corrected chi connectivity index (χ2v) is 2.20. The Morgan fingerprint density at radius 3 is 1.25 bits per heavy atom. The van der Waals surface area contributed by atoms with Crippen LogP contribution in [0.2, 0.25) is 0 Å². The molecule has 58 valence electrons. The summed E-state index contributed by atoms with van der Waals surface area (Å²) in [6.07, 6.45) is 0.0206. The molecule has 0 N–H and O–H groups in total. The van der Waals surface area contributed by atoms with E-state index in [1.54, 1.807) is 0 Å². The molecule has 0 aromatic rings. The van der Waals surface area contributed by atoms with Crippen LogP contribution in [0.3, 0.4) is 0 Å². The van der Waals surface area contributed by atoms with E-state index in [1.165, 1.54) is 0 Å². The van der Waals surface area contributed by atoms with Gasteiger partial charge in [0.1, 0.15) is 0 Å². The van der Waals surface area contributed by atoms with Gasteiger partial charge >= 0.3 is 0 Å². The fraction of sp³-hybridized carbons (Fsp3) is 0.500. The van der Waals surface area contributed by atoms with Gasteiger partial charge in [0.25, 0.3) is 0 Å². The molecule has 0 spiro atoms. The Labute approximate surface area is 70.9 Å². The smallest absolute Gasteiger partial charge is 0.0761 e. The highest BCUT2D eigenvalue weighted by atomic mass is 14.4. The first kappa shape index (κ1) is 9.96. The molecule has 0 aliphatic rings. The van der Waals surface area contributed by atoms with Crippen molar-refractivity contribution < 1.29 is 0 Å². The van der Waals surface area contributed by atoms with E-state index in [9.17, 15) is 0 Å². The van der Waals surface area contributed by atoms with Crippen LogP contribution in [-0.2, 0) is 0 Å². The number of nitrogens with zero attached hydrogens (tertiary/aromatic N) is 4. The molecule has 0 fully saturated rings. The van der Waals surface area contributed by atoms with E-state index < -0.39 is 11.8 Å². The Balaban J connectivity index is 4.32. The maximum absolute atomic E-state index is 8.52. The Hall–Kier alpha value is -2.04. The van der Waals surface area contributed by atoms with Gasteiger partial charge in [-0.05, 0) is 0 Å². The highest BCUT2D eigenvalue weighted by Gasteiger charge is 2.20. The summed E-state index contributed by atoms with van der Waals surface area (Å²) < 4.78 is 0. The molecule has 0 saturated heterocycles. The van der Waals surface area contributed by atoms with Crippen molar-refractivity contribution in [1.29, 1.82) is 21.0 Å². The van der Waals surface area contributed by atoms with E-state index in [2.05, 4.69) is 0 Å². The molecule has 0 aromatic heterocycles. The summed E-state index contributed by atoms with van der Waals surface area (Å²) in [6.45, 7) is 0. The van der Waals surface area contributed by atoms with Crippen molar-refractivity contribution in [1.82, 2.24) is 0 Å². The molecule has 0 saturated carbocycles. The predicted molar refractivity (Wildman–Crippen MR) is 38.7 cm³/mol. The Kier molecular flexibility index (Phi) is 4.75. The monoisotopic (exact) mass is 158 g/mol. The lowest BCUT2D eigenvalue weighted by Crippen LogP contribution is -2.09. The first-order chi connectivity index (χ1) is 5.79. The van der Waals surface area contributed by atoms with Crippen LogP contribution >= 0.6 is 0 Å². The number of hydrogen-bond donors (Lipinski definition) is 0. The Morgan fingerprint density at radius 2 is 1.08 bits per heavy atom. The molecule has 4 heteroatoms. The molecule has 0 radical (unpaired) electrons. The molecule has 0 rings (SSSR count). The molecule has 2 unspecified atom stereocenters. The molecular formula is C8H6N4. The lowest BCUT2D eigenvalue weighted by molar-refractivity contribution is 0.513. The fourth-order valence-electron chi connectivity index (χ4n) is 0.752. The zero-order valence-corrected chi connectivity index (χ0v) is 6.36. The number of rotatable bonds is 3. The summed E-state index contributed by atoms with van der Waals surface area (Å²) >= 11 is 0. The average Bonchev–Trinajstić information content (AvgIpc) is 2.11. The first-order valence-corrected chi connectivity index (χ1v) is 3.33. The topological polar surface area (TPSA) is 95.2 Å². The quantitative estimate of drug-likeness (QED) is 0.614. The minimum Gasteiger partial charge on any atom is -0.198 e. The van der Waals surface area contributed by atoms with Crippen molar-refractivity contribution in [2.75, 3.05) is 0 Å². The van der Waals surface area contributed by atoms with E-state index >= 15 is 0 Å². The number of hydrogen-bond acceptors (Lipinski definition) is 4. The van der Waals surface area contributed by atoms with E-state index in [1.807, 2.05) is 24.3 Å². The minimum absolute atomic E-state index is 0.0103. The maximum atomic E-state index is 8.52. The highest BCUT2D eigenvalue weighted by Crippen LogP contribution is 2.16. The van der Waals surface area contributed by atoms with Crippen LogP contribution in [-0.4, -0.2) is 0 Å². The molecule has 0 aliphatic carbocycles. The maximum Gasteiger partial charge on any atom is 0.0761 e. The summed E-state index contributed by atoms with van der Waals surface area (Å²) in [7, 11) is 0. The second kappa shape index (κ2) is 5.72. The van der Waals surface area contributed by atoms with Gasteiger partial charge in [0, 0.05) is 0 Å². The van der Waals surface area contributed by atoms with Crippen molar-refractivity contribution in [2.24, 2.45) is 11.8 Å². The second-order valence-electron chi connectivity index (χ2n) is 2.20. The molecular weight excluding hydrogens is 152 g/mol. The Bertz CT molecular complexity index is 261. The summed E-state index contributed by atoms with van der Waals surface area (Å²) in [5, 5.41) is 33.6. The van der Waals surface area contributed by atoms with Gasteiger partial charge in [0.05, 0.1) is 49.0 Å². The molecule has 0 aliphatic heterocycles. The molecule has 4 nitrogen and oxygen atoms in total. The third kappa shape index (κ3) is 2.70. The van der Waals surface area contributed by atoms with Crippen LogP contribution < -0.4 is 0 Å². The summed E-state index contributed by atoms with van der Waals surface area (Å²) in [4.78, 5) is 0. The van der Waals surface area contributed by atoms with Gasteiger partial charge in [-0.1, -0.05) is 0 Å². The summed E-state index contributed by atoms with van der Waals surface area (Å²) in [5.41, 5.74) is 0. The minimum atomic E-state index is -0.639. The zero-order chi connectivity index (χ0) is 9.40. The standard InChI is InChI=1S/C8H6N4/c9-3-1-7(5-11)8(6-12)2-4-10/h7-8H,1-2H2. The first-order valence-electron chi connectivity index (χ1n) is 3.33.